The van der Waals surface area contributed by atoms with Crippen LogP contribution in [0.4, 0.5) is 14.7 Å². The third-order valence-electron chi connectivity index (χ3n) is 6.61. The lowest BCUT2D eigenvalue weighted by Gasteiger charge is -2.32. The number of benzene rings is 1. The maximum Gasteiger partial charge on any atom is 0.308 e. The molecule has 1 saturated carbocycles. The van der Waals surface area contributed by atoms with Crippen molar-refractivity contribution < 1.29 is 28.2 Å². The number of halogens is 2. The zero-order valence-electron chi connectivity index (χ0n) is 18.7. The van der Waals surface area contributed by atoms with Crippen molar-refractivity contribution in [2.75, 3.05) is 31.7 Å². The Balaban J connectivity index is 1.19. The van der Waals surface area contributed by atoms with Crippen LogP contribution in [0.1, 0.15) is 36.8 Å². The first-order valence-corrected chi connectivity index (χ1v) is 11.3. The van der Waals surface area contributed by atoms with Gasteiger partial charge in [-0.3, -0.25) is 4.79 Å². The molecule has 7 nitrogen and oxygen atoms in total. The SMILES string of the molecule is COCc1cnc(N2CCC(C3CC3CCOc3cc(F)c(CC(=O)O)c(F)c3)CC2)nc1. The first-order valence-electron chi connectivity index (χ1n) is 11.3. The molecule has 33 heavy (non-hydrogen) atoms. The predicted octanol–water partition coefficient (Wildman–Crippen LogP) is 3.85. The lowest BCUT2D eigenvalue weighted by molar-refractivity contribution is -0.136. The van der Waals surface area contributed by atoms with Crippen molar-refractivity contribution in [1.29, 1.82) is 0 Å². The van der Waals surface area contributed by atoms with E-state index in [0.29, 0.717) is 31.0 Å². The molecule has 0 amide bonds. The molecule has 2 atom stereocenters. The summed E-state index contributed by atoms with van der Waals surface area (Å²) in [7, 11) is 1.65. The summed E-state index contributed by atoms with van der Waals surface area (Å²) >= 11 is 0. The van der Waals surface area contributed by atoms with Crippen LogP contribution in [0.5, 0.6) is 5.75 Å². The number of aliphatic carboxylic acids is 1. The number of carboxylic acids is 1. The minimum Gasteiger partial charge on any atom is -0.493 e. The number of methoxy groups -OCH3 is 1. The van der Waals surface area contributed by atoms with Crippen molar-refractivity contribution in [3.05, 3.63) is 47.3 Å². The number of ether oxygens (including phenoxy) is 2. The second-order valence-corrected chi connectivity index (χ2v) is 8.88. The van der Waals surface area contributed by atoms with Gasteiger partial charge in [0.1, 0.15) is 17.4 Å². The van der Waals surface area contributed by atoms with Gasteiger partial charge in [-0.05, 0) is 43.4 Å². The normalized spacial score (nSPS) is 20.6. The number of nitrogens with zero attached hydrogens (tertiary/aromatic N) is 3. The molecule has 2 aromatic rings. The van der Waals surface area contributed by atoms with Gasteiger partial charge in [0.2, 0.25) is 5.95 Å². The van der Waals surface area contributed by atoms with Gasteiger partial charge < -0.3 is 19.5 Å². The first-order chi connectivity index (χ1) is 15.9. The van der Waals surface area contributed by atoms with Gasteiger partial charge in [-0.25, -0.2) is 18.7 Å². The molecule has 0 bridgehead atoms. The molecule has 2 heterocycles. The van der Waals surface area contributed by atoms with Gasteiger partial charge in [-0.1, -0.05) is 0 Å². The van der Waals surface area contributed by atoms with E-state index in [0.717, 1.165) is 62.4 Å². The standard InChI is InChI=1S/C24H29F2N3O4/c1-32-14-15-12-27-24(28-13-15)29-5-2-16(3-6-29)19-8-17(19)4-7-33-18-9-21(25)20(11-23(30)31)22(26)10-18/h9-10,12-13,16-17,19H,2-8,11,14H2,1H3,(H,30,31). The zero-order chi connectivity index (χ0) is 23.4. The topological polar surface area (TPSA) is 84.8 Å². The molecule has 1 aliphatic carbocycles. The average Bonchev–Trinajstić information content (AvgIpc) is 3.57. The van der Waals surface area contributed by atoms with Crippen LogP contribution < -0.4 is 9.64 Å². The van der Waals surface area contributed by atoms with Crippen LogP contribution in [0, 0.1) is 29.4 Å². The Morgan fingerprint density at radius 1 is 1.18 bits per heavy atom. The Bertz CT molecular complexity index is 942. The maximum absolute atomic E-state index is 14.0. The van der Waals surface area contributed by atoms with E-state index in [1.165, 1.54) is 0 Å². The Hall–Kier alpha value is -2.81. The number of rotatable bonds is 10. The summed E-state index contributed by atoms with van der Waals surface area (Å²) in [6, 6.07) is 2.12. The van der Waals surface area contributed by atoms with Gasteiger partial charge in [-0.15, -0.1) is 0 Å². The van der Waals surface area contributed by atoms with Crippen molar-refractivity contribution in [1.82, 2.24) is 9.97 Å². The van der Waals surface area contributed by atoms with Gasteiger partial charge in [-0.2, -0.15) is 0 Å². The fourth-order valence-electron chi connectivity index (χ4n) is 4.77. The Kier molecular flexibility index (Phi) is 7.37. The summed E-state index contributed by atoms with van der Waals surface area (Å²) in [6.07, 6.45) is 7.15. The average molecular weight is 462 g/mol. The van der Waals surface area contributed by atoms with Crippen LogP contribution in [0.3, 0.4) is 0 Å². The molecule has 178 valence electrons. The molecule has 1 aromatic heterocycles. The third-order valence-corrected chi connectivity index (χ3v) is 6.61. The quantitative estimate of drug-likeness (QED) is 0.575. The highest BCUT2D eigenvalue weighted by atomic mass is 19.1. The number of hydrogen-bond acceptors (Lipinski definition) is 6. The molecule has 0 radical (unpaired) electrons. The number of anilines is 1. The molecule has 4 rings (SSSR count). The minimum absolute atomic E-state index is 0.0983. The van der Waals surface area contributed by atoms with Crippen molar-refractivity contribution in [2.45, 2.75) is 38.7 Å². The van der Waals surface area contributed by atoms with Gasteiger partial charge in [0.15, 0.2) is 0 Å². The third kappa shape index (κ3) is 5.96. The van der Waals surface area contributed by atoms with E-state index >= 15 is 0 Å². The molecule has 1 aromatic carbocycles. The summed E-state index contributed by atoms with van der Waals surface area (Å²) in [6.45, 7) is 2.78. The van der Waals surface area contributed by atoms with Gasteiger partial charge in [0, 0.05) is 55.9 Å². The van der Waals surface area contributed by atoms with Crippen molar-refractivity contribution in [3.8, 4) is 5.75 Å². The molecule has 2 aliphatic rings. The van der Waals surface area contributed by atoms with Crippen LogP contribution in [0.2, 0.25) is 0 Å². The fraction of sp³-hybridized carbons (Fsp3) is 0.542. The lowest BCUT2D eigenvalue weighted by Crippen LogP contribution is -2.35. The molecule has 2 fully saturated rings. The monoisotopic (exact) mass is 461 g/mol. The molecular weight excluding hydrogens is 432 g/mol. The molecule has 9 heteroatoms. The predicted molar refractivity (Wildman–Crippen MR) is 117 cm³/mol. The fourth-order valence-corrected chi connectivity index (χ4v) is 4.77. The van der Waals surface area contributed by atoms with Gasteiger partial charge in [0.25, 0.3) is 0 Å². The summed E-state index contributed by atoms with van der Waals surface area (Å²) in [5.41, 5.74) is 0.514. The smallest absolute Gasteiger partial charge is 0.308 e. The first kappa shape index (κ1) is 23.4. The molecule has 1 N–H and O–H groups in total. The number of aromatic nitrogens is 2. The largest absolute Gasteiger partial charge is 0.493 e. The highest BCUT2D eigenvalue weighted by molar-refractivity contribution is 5.70. The molecule has 2 unspecified atom stereocenters. The van der Waals surface area contributed by atoms with Crippen LogP contribution >= 0.6 is 0 Å². The van der Waals surface area contributed by atoms with E-state index in [9.17, 15) is 13.6 Å². The van der Waals surface area contributed by atoms with Crippen LogP contribution in [-0.4, -0.2) is 47.8 Å². The zero-order valence-corrected chi connectivity index (χ0v) is 18.7. The Labute approximate surface area is 191 Å². The van der Waals surface area contributed by atoms with Crippen LogP contribution in [0.15, 0.2) is 24.5 Å². The second-order valence-electron chi connectivity index (χ2n) is 8.88. The van der Waals surface area contributed by atoms with Crippen molar-refractivity contribution in [2.24, 2.45) is 17.8 Å². The van der Waals surface area contributed by atoms with E-state index in [1.54, 1.807) is 7.11 Å². The van der Waals surface area contributed by atoms with Crippen LogP contribution in [0.25, 0.3) is 0 Å². The highest BCUT2D eigenvalue weighted by Crippen LogP contribution is 2.49. The number of hydrogen-bond donors (Lipinski definition) is 1. The van der Waals surface area contributed by atoms with Gasteiger partial charge in [0.05, 0.1) is 19.6 Å². The van der Waals surface area contributed by atoms with E-state index in [4.69, 9.17) is 14.6 Å². The summed E-state index contributed by atoms with van der Waals surface area (Å²) in [4.78, 5) is 21.9. The second kappa shape index (κ2) is 10.4. The number of piperidine rings is 1. The molecular formula is C24H29F2N3O4. The summed E-state index contributed by atoms with van der Waals surface area (Å²) in [5, 5.41) is 8.75. The molecule has 1 aliphatic heterocycles. The lowest BCUT2D eigenvalue weighted by atomic mass is 9.90. The van der Waals surface area contributed by atoms with E-state index in [2.05, 4.69) is 14.9 Å². The minimum atomic E-state index is -1.28. The van der Waals surface area contributed by atoms with Gasteiger partial charge >= 0.3 is 5.97 Å². The summed E-state index contributed by atoms with van der Waals surface area (Å²) in [5.74, 6) is -0.270. The van der Waals surface area contributed by atoms with E-state index in [-0.39, 0.29) is 5.75 Å². The van der Waals surface area contributed by atoms with Crippen molar-refractivity contribution >= 4 is 11.9 Å². The highest BCUT2D eigenvalue weighted by Gasteiger charge is 2.43. The maximum atomic E-state index is 14.0. The Morgan fingerprint density at radius 2 is 1.85 bits per heavy atom. The van der Waals surface area contributed by atoms with E-state index in [1.807, 2.05) is 12.4 Å². The van der Waals surface area contributed by atoms with E-state index < -0.39 is 29.6 Å². The van der Waals surface area contributed by atoms with Crippen LogP contribution in [-0.2, 0) is 22.6 Å². The van der Waals surface area contributed by atoms with Crippen molar-refractivity contribution in [3.63, 3.8) is 0 Å². The number of carbonyl (C=O) groups is 1. The molecule has 1 saturated heterocycles. The molecule has 0 spiro atoms. The Morgan fingerprint density at radius 3 is 2.45 bits per heavy atom. The summed E-state index contributed by atoms with van der Waals surface area (Å²) < 4.78 is 38.6. The number of carboxylic acid groups (broad SMARTS) is 1.